The van der Waals surface area contributed by atoms with Crippen LogP contribution in [0.1, 0.15) is 22.9 Å². The molecular formula is C21H16BrF3N2O2S. The average Bonchev–Trinajstić information content (AvgIpc) is 2.70. The molecule has 0 amide bonds. The van der Waals surface area contributed by atoms with Crippen molar-refractivity contribution in [2.75, 3.05) is 5.32 Å². The standard InChI is InChI=1S/C21H16BrF3N2O2S/c22-17-5-3-4-14(12-17)13-27-20(15-8-10-16(11-9-15)21(23,24)25)26-18-6-1-2-7-19(18)30(27,28)29/h1-12,20,26H,13H2/t20-/m0/s1. The van der Waals surface area contributed by atoms with Crippen molar-refractivity contribution in [2.24, 2.45) is 0 Å². The molecule has 3 aromatic rings. The highest BCUT2D eigenvalue weighted by Gasteiger charge is 2.39. The van der Waals surface area contributed by atoms with E-state index in [0.29, 0.717) is 11.3 Å². The zero-order valence-corrected chi connectivity index (χ0v) is 17.8. The molecule has 1 N–H and O–H groups in total. The first-order valence-corrected chi connectivity index (χ1v) is 11.2. The quantitative estimate of drug-likeness (QED) is 0.499. The Morgan fingerprint density at radius 2 is 1.67 bits per heavy atom. The molecule has 0 spiro atoms. The second-order valence-electron chi connectivity index (χ2n) is 6.84. The largest absolute Gasteiger partial charge is 0.416 e. The number of benzene rings is 3. The van der Waals surface area contributed by atoms with E-state index in [1.54, 1.807) is 36.4 Å². The van der Waals surface area contributed by atoms with Crippen molar-refractivity contribution in [3.05, 3.63) is 94.0 Å². The van der Waals surface area contributed by atoms with E-state index in [2.05, 4.69) is 21.2 Å². The maximum atomic E-state index is 13.4. The molecule has 1 atom stereocenters. The van der Waals surface area contributed by atoms with E-state index < -0.39 is 27.9 Å². The zero-order chi connectivity index (χ0) is 21.5. The lowest BCUT2D eigenvalue weighted by Crippen LogP contribution is -2.42. The summed E-state index contributed by atoms with van der Waals surface area (Å²) in [5.41, 5.74) is 0.777. The number of halogens is 4. The molecular weight excluding hydrogens is 481 g/mol. The van der Waals surface area contributed by atoms with Gasteiger partial charge in [0.1, 0.15) is 11.1 Å². The van der Waals surface area contributed by atoms with Gasteiger partial charge in [-0.15, -0.1) is 0 Å². The molecule has 0 bridgehead atoms. The molecule has 0 aromatic heterocycles. The van der Waals surface area contributed by atoms with Gasteiger partial charge < -0.3 is 5.32 Å². The Morgan fingerprint density at radius 3 is 2.33 bits per heavy atom. The van der Waals surface area contributed by atoms with Crippen LogP contribution in [0.15, 0.2) is 82.2 Å². The lowest BCUT2D eigenvalue weighted by molar-refractivity contribution is -0.137. The van der Waals surface area contributed by atoms with E-state index in [-0.39, 0.29) is 11.4 Å². The van der Waals surface area contributed by atoms with E-state index in [4.69, 9.17) is 0 Å². The van der Waals surface area contributed by atoms with Crippen LogP contribution in [0.3, 0.4) is 0 Å². The normalized spacial score (nSPS) is 18.5. The first kappa shape index (κ1) is 20.9. The Labute approximate surface area is 180 Å². The summed E-state index contributed by atoms with van der Waals surface area (Å²) in [6, 6.07) is 18.2. The lowest BCUT2D eigenvalue weighted by atomic mass is 10.1. The highest BCUT2D eigenvalue weighted by molar-refractivity contribution is 9.10. The fourth-order valence-electron chi connectivity index (χ4n) is 3.39. The minimum Gasteiger partial charge on any atom is -0.364 e. The Balaban J connectivity index is 1.80. The number of sulfonamides is 1. The summed E-state index contributed by atoms with van der Waals surface area (Å²) in [4.78, 5) is 0.128. The molecule has 1 aliphatic heterocycles. The van der Waals surface area contributed by atoms with Gasteiger partial charge in [0.2, 0.25) is 10.0 Å². The maximum Gasteiger partial charge on any atom is 0.416 e. The molecule has 1 aliphatic rings. The summed E-state index contributed by atoms with van der Waals surface area (Å²) >= 11 is 3.38. The van der Waals surface area contributed by atoms with Crippen LogP contribution in [-0.2, 0) is 22.7 Å². The van der Waals surface area contributed by atoms with Gasteiger partial charge in [0.05, 0.1) is 11.3 Å². The number of rotatable bonds is 3. The van der Waals surface area contributed by atoms with Crippen molar-refractivity contribution in [3.63, 3.8) is 0 Å². The lowest BCUT2D eigenvalue weighted by Gasteiger charge is -2.37. The van der Waals surface area contributed by atoms with Crippen molar-refractivity contribution in [2.45, 2.75) is 23.8 Å². The Hall–Kier alpha value is -2.36. The number of nitrogens with one attached hydrogen (secondary N) is 1. The predicted molar refractivity (Wildman–Crippen MR) is 111 cm³/mol. The second kappa shape index (κ2) is 7.72. The topological polar surface area (TPSA) is 49.4 Å². The summed E-state index contributed by atoms with van der Waals surface area (Å²) in [5, 5.41) is 3.17. The van der Waals surface area contributed by atoms with Crippen LogP contribution in [0.2, 0.25) is 0 Å². The average molecular weight is 497 g/mol. The minimum absolute atomic E-state index is 0.0504. The third-order valence-corrected chi connectivity index (χ3v) is 7.20. The molecule has 4 rings (SSSR count). The Bertz CT molecular complexity index is 1180. The highest BCUT2D eigenvalue weighted by Crippen LogP contribution is 2.40. The van der Waals surface area contributed by atoms with Crippen LogP contribution in [-0.4, -0.2) is 12.7 Å². The van der Waals surface area contributed by atoms with Crippen LogP contribution in [0, 0.1) is 0 Å². The first-order valence-electron chi connectivity index (χ1n) is 8.95. The first-order chi connectivity index (χ1) is 14.2. The van der Waals surface area contributed by atoms with Crippen LogP contribution >= 0.6 is 15.9 Å². The number of anilines is 1. The van der Waals surface area contributed by atoms with Crippen molar-refractivity contribution in [1.29, 1.82) is 0 Å². The molecule has 1 heterocycles. The van der Waals surface area contributed by atoms with Crippen molar-refractivity contribution >= 4 is 31.6 Å². The smallest absolute Gasteiger partial charge is 0.364 e. The van der Waals surface area contributed by atoms with Crippen LogP contribution in [0.25, 0.3) is 0 Å². The summed E-state index contributed by atoms with van der Waals surface area (Å²) < 4.78 is 67.7. The van der Waals surface area contributed by atoms with Gasteiger partial charge in [-0.05, 0) is 47.5 Å². The summed E-state index contributed by atoms with van der Waals surface area (Å²) in [7, 11) is -3.90. The molecule has 0 radical (unpaired) electrons. The molecule has 0 fully saturated rings. The number of nitrogens with zero attached hydrogens (tertiary/aromatic N) is 1. The van der Waals surface area contributed by atoms with Gasteiger partial charge in [-0.2, -0.15) is 17.5 Å². The predicted octanol–water partition coefficient (Wildman–Crippen LogP) is 5.78. The fraction of sp³-hybridized carbons (Fsp3) is 0.143. The second-order valence-corrected chi connectivity index (χ2v) is 9.62. The van der Waals surface area contributed by atoms with Gasteiger partial charge in [0.15, 0.2) is 0 Å². The van der Waals surface area contributed by atoms with E-state index in [0.717, 1.165) is 22.2 Å². The summed E-state index contributed by atoms with van der Waals surface area (Å²) in [5.74, 6) is 0. The van der Waals surface area contributed by atoms with Crippen molar-refractivity contribution in [1.82, 2.24) is 4.31 Å². The number of hydrogen-bond donors (Lipinski definition) is 1. The number of para-hydroxylation sites is 1. The van der Waals surface area contributed by atoms with Gasteiger partial charge in [0, 0.05) is 11.0 Å². The summed E-state index contributed by atoms with van der Waals surface area (Å²) in [6.07, 6.45) is -5.32. The molecule has 4 nitrogen and oxygen atoms in total. The molecule has 30 heavy (non-hydrogen) atoms. The molecule has 0 unspecified atom stereocenters. The molecule has 0 saturated carbocycles. The van der Waals surface area contributed by atoms with Gasteiger partial charge in [-0.25, -0.2) is 8.42 Å². The monoisotopic (exact) mass is 496 g/mol. The zero-order valence-electron chi connectivity index (χ0n) is 15.4. The maximum absolute atomic E-state index is 13.4. The van der Waals surface area contributed by atoms with E-state index in [9.17, 15) is 21.6 Å². The van der Waals surface area contributed by atoms with Gasteiger partial charge in [0.25, 0.3) is 0 Å². The van der Waals surface area contributed by atoms with E-state index in [1.807, 2.05) is 6.07 Å². The highest BCUT2D eigenvalue weighted by atomic mass is 79.9. The molecule has 0 aliphatic carbocycles. The molecule has 3 aromatic carbocycles. The third-order valence-electron chi connectivity index (χ3n) is 4.84. The number of fused-ring (bicyclic) bond motifs is 1. The van der Waals surface area contributed by atoms with E-state index >= 15 is 0 Å². The van der Waals surface area contributed by atoms with Gasteiger partial charge in [-0.1, -0.05) is 52.3 Å². The Morgan fingerprint density at radius 1 is 0.967 bits per heavy atom. The van der Waals surface area contributed by atoms with Gasteiger partial charge in [-0.3, -0.25) is 0 Å². The summed E-state index contributed by atoms with van der Waals surface area (Å²) in [6.45, 7) is 0.0504. The number of hydrogen-bond acceptors (Lipinski definition) is 3. The molecule has 0 saturated heterocycles. The fourth-order valence-corrected chi connectivity index (χ4v) is 5.52. The van der Waals surface area contributed by atoms with E-state index in [1.165, 1.54) is 22.5 Å². The van der Waals surface area contributed by atoms with Gasteiger partial charge >= 0.3 is 6.18 Å². The van der Waals surface area contributed by atoms with Crippen molar-refractivity contribution < 1.29 is 21.6 Å². The third kappa shape index (κ3) is 3.97. The molecule has 156 valence electrons. The Kier molecular flexibility index (Phi) is 5.37. The SMILES string of the molecule is O=S1(=O)c2ccccc2N[C@H](c2ccc(C(F)(F)F)cc2)N1Cc1cccc(Br)c1. The van der Waals surface area contributed by atoms with Crippen LogP contribution in [0.4, 0.5) is 18.9 Å². The van der Waals surface area contributed by atoms with Crippen LogP contribution < -0.4 is 5.32 Å². The van der Waals surface area contributed by atoms with Crippen LogP contribution in [0.5, 0.6) is 0 Å². The minimum atomic E-state index is -4.47. The van der Waals surface area contributed by atoms with Crippen molar-refractivity contribution in [3.8, 4) is 0 Å². The number of alkyl halides is 3. The molecule has 9 heteroatoms.